The molecule has 39 heavy (non-hydrogen) atoms. The van der Waals surface area contributed by atoms with Crippen molar-refractivity contribution in [1.29, 1.82) is 0 Å². The van der Waals surface area contributed by atoms with Gasteiger partial charge in [0.05, 0.1) is 37.2 Å². The fourth-order valence-electron chi connectivity index (χ4n) is 5.63. The Morgan fingerprint density at radius 3 is 2.72 bits per heavy atom. The SMILES string of the molecule is COCCCN1CCOc2ccc(C[OH+]C3CNC(CC(C)(C)C(=O)N=O)CC3c3ccc(OC)cc3)cc21. The number of carbonyl (C=O) groups excluding carboxylic acids is 1. The van der Waals surface area contributed by atoms with Gasteiger partial charge in [0.1, 0.15) is 18.1 Å². The molecule has 3 atom stereocenters. The molecule has 2 N–H and O–H groups in total. The molecule has 0 spiro atoms. The summed E-state index contributed by atoms with van der Waals surface area (Å²) in [5, 5.41) is 6.28. The van der Waals surface area contributed by atoms with E-state index in [1.807, 2.05) is 12.1 Å². The average molecular weight is 541 g/mol. The molecule has 1 fully saturated rings. The fourth-order valence-corrected chi connectivity index (χ4v) is 5.63. The van der Waals surface area contributed by atoms with Crippen LogP contribution in [-0.4, -0.2) is 69.9 Å². The Kier molecular flexibility index (Phi) is 9.94. The van der Waals surface area contributed by atoms with Gasteiger partial charge in [-0.3, -0.25) is 4.79 Å². The molecule has 3 unspecified atom stereocenters. The first-order valence-electron chi connectivity index (χ1n) is 13.8. The van der Waals surface area contributed by atoms with E-state index in [9.17, 15) is 9.70 Å². The molecular formula is C30H42N3O6+. The number of rotatable bonds is 12. The predicted octanol–water partition coefficient (Wildman–Crippen LogP) is 4.18. The van der Waals surface area contributed by atoms with Gasteiger partial charge in [-0.1, -0.05) is 26.0 Å². The molecule has 1 saturated heterocycles. The van der Waals surface area contributed by atoms with Gasteiger partial charge in [-0.05, 0) is 55.2 Å². The van der Waals surface area contributed by atoms with Crippen LogP contribution in [0, 0.1) is 10.3 Å². The minimum absolute atomic E-state index is 0.0581. The molecular weight excluding hydrogens is 498 g/mol. The Labute approximate surface area is 231 Å². The van der Waals surface area contributed by atoms with Crippen LogP contribution in [-0.2, 0) is 16.1 Å². The third kappa shape index (κ3) is 7.35. The molecule has 0 radical (unpaired) electrons. The van der Waals surface area contributed by atoms with Gasteiger partial charge in [-0.25, -0.2) is 0 Å². The molecule has 2 aromatic carbocycles. The molecule has 4 rings (SSSR count). The van der Waals surface area contributed by atoms with Gasteiger partial charge < -0.3 is 29.2 Å². The third-order valence-electron chi connectivity index (χ3n) is 7.85. The number of benzene rings is 2. The van der Waals surface area contributed by atoms with Crippen LogP contribution in [0.3, 0.4) is 0 Å². The first kappa shape index (κ1) is 29.0. The number of anilines is 1. The number of ether oxygens (including phenoxy) is 4. The average Bonchev–Trinajstić information content (AvgIpc) is 2.96. The second-order valence-corrected chi connectivity index (χ2v) is 11.1. The number of amides is 1. The number of nitrogens with zero attached hydrogens (tertiary/aromatic N) is 2. The summed E-state index contributed by atoms with van der Waals surface area (Å²) in [4.78, 5) is 25.4. The fraction of sp³-hybridized carbons (Fsp3) is 0.567. The highest BCUT2D eigenvalue weighted by Crippen LogP contribution is 2.36. The number of carbonyl (C=O) groups is 1. The van der Waals surface area contributed by atoms with Gasteiger partial charge in [-0.15, -0.1) is 4.91 Å². The van der Waals surface area contributed by atoms with Crippen LogP contribution in [0.15, 0.2) is 47.6 Å². The smallest absolute Gasteiger partial charge is 0.291 e. The Morgan fingerprint density at radius 2 is 2.00 bits per heavy atom. The van der Waals surface area contributed by atoms with E-state index < -0.39 is 11.3 Å². The van der Waals surface area contributed by atoms with E-state index in [-0.39, 0.29) is 18.1 Å². The standard InChI is InChI=1S/C30H41N3O6/c1-30(2,29(34)32-35)18-23-17-25(22-7-9-24(37-4)10-8-22)28(19-31-23)39-20-21-6-11-27-26(16-21)33(13-15-38-27)12-5-14-36-3/h6-11,16,23,25,28,31H,5,12-15,17-20H2,1-4H3/p+1. The van der Waals surface area contributed by atoms with E-state index in [1.54, 1.807) is 28.1 Å². The van der Waals surface area contributed by atoms with Crippen LogP contribution >= 0.6 is 0 Å². The number of hydrogen-bond donors (Lipinski definition) is 1. The van der Waals surface area contributed by atoms with Crippen molar-refractivity contribution in [3.8, 4) is 11.5 Å². The summed E-state index contributed by atoms with van der Waals surface area (Å²) in [6, 6.07) is 14.6. The summed E-state index contributed by atoms with van der Waals surface area (Å²) >= 11 is 0. The largest absolute Gasteiger partial charge is 0.497 e. The summed E-state index contributed by atoms with van der Waals surface area (Å²) < 4.78 is 21.7. The van der Waals surface area contributed by atoms with Crippen LogP contribution < -0.4 is 19.7 Å². The van der Waals surface area contributed by atoms with Crippen molar-refractivity contribution in [1.82, 2.24) is 5.32 Å². The van der Waals surface area contributed by atoms with Crippen molar-refractivity contribution in [3.63, 3.8) is 0 Å². The van der Waals surface area contributed by atoms with Gasteiger partial charge in [0.25, 0.3) is 5.91 Å². The van der Waals surface area contributed by atoms with Crippen LogP contribution in [0.25, 0.3) is 0 Å². The Balaban J connectivity index is 1.47. The molecule has 2 heterocycles. The second-order valence-electron chi connectivity index (χ2n) is 11.1. The number of methoxy groups -OCH3 is 2. The quantitative estimate of drug-likeness (QED) is 0.245. The molecule has 2 aliphatic rings. The van der Waals surface area contributed by atoms with Crippen molar-refractivity contribution < 1.29 is 23.7 Å². The number of nitroso groups, excluding NO2 is 1. The lowest BCUT2D eigenvalue weighted by Gasteiger charge is -2.37. The van der Waals surface area contributed by atoms with Gasteiger partial charge in [0.2, 0.25) is 0 Å². The second kappa shape index (κ2) is 13.4. The lowest BCUT2D eigenvalue weighted by atomic mass is 9.77. The molecule has 0 bridgehead atoms. The molecule has 0 aliphatic carbocycles. The lowest BCUT2D eigenvalue weighted by Crippen LogP contribution is -2.50. The van der Waals surface area contributed by atoms with Crippen LogP contribution in [0.5, 0.6) is 11.5 Å². The molecule has 212 valence electrons. The first-order valence-corrected chi connectivity index (χ1v) is 13.8. The van der Waals surface area contributed by atoms with Gasteiger partial charge in [0.15, 0.2) is 12.7 Å². The maximum absolute atomic E-state index is 12.1. The van der Waals surface area contributed by atoms with E-state index >= 15 is 0 Å². The van der Waals surface area contributed by atoms with E-state index in [0.717, 1.165) is 55.3 Å². The zero-order valence-corrected chi connectivity index (χ0v) is 23.5. The maximum atomic E-state index is 12.1. The summed E-state index contributed by atoms with van der Waals surface area (Å²) in [5.41, 5.74) is 2.65. The topological polar surface area (TPSA) is 102 Å². The molecule has 0 aromatic heterocycles. The van der Waals surface area contributed by atoms with Crippen LogP contribution in [0.1, 0.15) is 50.2 Å². The highest BCUT2D eigenvalue weighted by Gasteiger charge is 2.39. The minimum atomic E-state index is -0.811. The third-order valence-corrected chi connectivity index (χ3v) is 7.85. The highest BCUT2D eigenvalue weighted by molar-refractivity contribution is 5.82. The highest BCUT2D eigenvalue weighted by atomic mass is 16.5. The van der Waals surface area contributed by atoms with Crippen molar-refractivity contribution in [2.75, 3.05) is 52.0 Å². The minimum Gasteiger partial charge on any atom is -0.497 e. The van der Waals surface area contributed by atoms with Crippen LogP contribution in [0.4, 0.5) is 5.69 Å². The maximum Gasteiger partial charge on any atom is 0.291 e. The lowest BCUT2D eigenvalue weighted by molar-refractivity contribution is -0.140. The van der Waals surface area contributed by atoms with E-state index in [1.165, 1.54) is 5.56 Å². The van der Waals surface area contributed by atoms with E-state index in [0.29, 0.717) is 26.2 Å². The normalized spacial score (nSPS) is 21.1. The number of piperidine rings is 1. The Hall–Kier alpha value is -3.01. The molecule has 1 amide bonds. The van der Waals surface area contributed by atoms with E-state index in [2.05, 4.69) is 45.7 Å². The molecule has 9 heteroatoms. The van der Waals surface area contributed by atoms with Gasteiger partial charge >= 0.3 is 0 Å². The number of nitrogens with one attached hydrogen (secondary N) is 1. The summed E-state index contributed by atoms with van der Waals surface area (Å²) in [5.74, 6) is 1.30. The van der Waals surface area contributed by atoms with Gasteiger partial charge in [-0.2, -0.15) is 0 Å². The summed E-state index contributed by atoms with van der Waals surface area (Å²) in [6.45, 7) is 8.08. The van der Waals surface area contributed by atoms with E-state index in [4.69, 9.17) is 18.9 Å². The van der Waals surface area contributed by atoms with Crippen molar-refractivity contribution >= 4 is 11.6 Å². The molecule has 2 aliphatic heterocycles. The Morgan fingerprint density at radius 1 is 1.21 bits per heavy atom. The van der Waals surface area contributed by atoms with Crippen molar-refractivity contribution in [2.24, 2.45) is 10.6 Å². The van der Waals surface area contributed by atoms with Gasteiger partial charge in [0, 0.05) is 37.0 Å². The Bertz CT molecular complexity index is 1110. The zero-order chi connectivity index (χ0) is 27.8. The number of fused-ring (bicyclic) bond motifs is 1. The van der Waals surface area contributed by atoms with Crippen molar-refractivity contribution in [3.05, 3.63) is 58.5 Å². The van der Waals surface area contributed by atoms with Crippen molar-refractivity contribution in [2.45, 2.75) is 57.8 Å². The number of hydrogen-bond acceptors (Lipinski definition) is 7. The number of aliphatic hydroxyl groups is 2. The van der Waals surface area contributed by atoms with Crippen LogP contribution in [0.2, 0.25) is 0 Å². The zero-order valence-electron chi connectivity index (χ0n) is 23.5. The molecule has 0 saturated carbocycles. The first-order chi connectivity index (χ1) is 18.8. The molecule has 9 nitrogen and oxygen atoms in total. The predicted molar refractivity (Wildman–Crippen MR) is 152 cm³/mol. The summed E-state index contributed by atoms with van der Waals surface area (Å²) in [6.07, 6.45) is 2.37. The summed E-state index contributed by atoms with van der Waals surface area (Å²) in [7, 11) is 3.40. The monoisotopic (exact) mass is 540 g/mol. The molecule has 2 aromatic rings.